The van der Waals surface area contributed by atoms with Crippen molar-refractivity contribution in [1.82, 2.24) is 4.90 Å². The molecule has 0 spiro atoms. The van der Waals surface area contributed by atoms with E-state index in [0.29, 0.717) is 6.04 Å². The SMILES string of the molecule is C[C@@H]([C@H](O)c1ccccc1)N(C)C(=O)[C@@H](N)C[Si](C)(C)c1ccccc1. The first-order chi connectivity index (χ1) is 12.2. The summed E-state index contributed by atoms with van der Waals surface area (Å²) in [7, 11) is -0.0937. The van der Waals surface area contributed by atoms with Gasteiger partial charge in [0, 0.05) is 7.05 Å². The van der Waals surface area contributed by atoms with E-state index in [9.17, 15) is 9.90 Å². The van der Waals surface area contributed by atoms with E-state index in [4.69, 9.17) is 5.73 Å². The van der Waals surface area contributed by atoms with Crippen LogP contribution < -0.4 is 10.9 Å². The molecule has 140 valence electrons. The number of hydrogen-bond donors (Lipinski definition) is 2. The van der Waals surface area contributed by atoms with Gasteiger partial charge in [-0.3, -0.25) is 4.79 Å². The van der Waals surface area contributed by atoms with Crippen molar-refractivity contribution in [2.75, 3.05) is 7.05 Å². The van der Waals surface area contributed by atoms with Crippen LogP contribution in [0.4, 0.5) is 0 Å². The molecule has 0 aliphatic heterocycles. The average Bonchev–Trinajstić information content (AvgIpc) is 2.66. The highest BCUT2D eigenvalue weighted by Crippen LogP contribution is 2.21. The molecule has 2 aromatic rings. The van der Waals surface area contributed by atoms with Crippen LogP contribution >= 0.6 is 0 Å². The fourth-order valence-corrected chi connectivity index (χ4v) is 5.85. The average molecular weight is 371 g/mol. The van der Waals surface area contributed by atoms with E-state index >= 15 is 0 Å². The third-order valence-electron chi connectivity index (χ3n) is 5.16. The molecule has 4 nitrogen and oxygen atoms in total. The van der Waals surface area contributed by atoms with E-state index in [0.717, 1.165) is 5.56 Å². The van der Waals surface area contributed by atoms with Gasteiger partial charge in [0.15, 0.2) is 0 Å². The second-order valence-corrected chi connectivity index (χ2v) is 12.4. The van der Waals surface area contributed by atoms with E-state index in [-0.39, 0.29) is 11.9 Å². The lowest BCUT2D eigenvalue weighted by molar-refractivity contribution is -0.134. The Morgan fingerprint density at radius 3 is 2.12 bits per heavy atom. The van der Waals surface area contributed by atoms with Gasteiger partial charge in [-0.15, -0.1) is 0 Å². The van der Waals surface area contributed by atoms with Crippen LogP contribution in [0.2, 0.25) is 19.1 Å². The number of carbonyl (C=O) groups is 1. The molecule has 0 saturated carbocycles. The first kappa shape index (κ1) is 20.4. The molecule has 3 N–H and O–H groups in total. The first-order valence-electron chi connectivity index (χ1n) is 9.05. The maximum atomic E-state index is 12.8. The van der Waals surface area contributed by atoms with Gasteiger partial charge in [-0.1, -0.05) is 78.9 Å². The number of carbonyl (C=O) groups excluding carboxylic acids is 1. The summed E-state index contributed by atoms with van der Waals surface area (Å²) in [5.41, 5.74) is 7.08. The predicted octanol–water partition coefficient (Wildman–Crippen LogP) is 2.51. The van der Waals surface area contributed by atoms with Crippen LogP contribution in [0.25, 0.3) is 0 Å². The van der Waals surface area contributed by atoms with Crippen LogP contribution in [0.3, 0.4) is 0 Å². The van der Waals surface area contributed by atoms with Crippen LogP contribution in [-0.4, -0.2) is 43.1 Å². The molecule has 1 amide bonds. The molecule has 0 heterocycles. The number of nitrogens with two attached hydrogens (primary N) is 1. The number of rotatable bonds is 7. The number of likely N-dealkylation sites (N-methyl/N-ethyl adjacent to an activating group) is 1. The zero-order valence-electron chi connectivity index (χ0n) is 16.1. The van der Waals surface area contributed by atoms with Crippen molar-refractivity contribution in [3.8, 4) is 0 Å². The minimum atomic E-state index is -1.81. The Balaban J connectivity index is 2.05. The number of hydrogen-bond acceptors (Lipinski definition) is 3. The Bertz CT molecular complexity index is 706. The van der Waals surface area contributed by atoms with Crippen molar-refractivity contribution in [3.05, 3.63) is 66.2 Å². The van der Waals surface area contributed by atoms with Crippen LogP contribution in [0.5, 0.6) is 0 Å². The second kappa shape index (κ2) is 8.62. The summed E-state index contributed by atoms with van der Waals surface area (Å²) in [6.45, 7) is 6.32. The quantitative estimate of drug-likeness (QED) is 0.736. The Labute approximate surface area is 157 Å². The number of aliphatic hydroxyl groups is 1. The van der Waals surface area contributed by atoms with Gasteiger partial charge in [-0.25, -0.2) is 0 Å². The first-order valence-corrected chi connectivity index (χ1v) is 12.3. The van der Waals surface area contributed by atoms with Gasteiger partial charge in [0.05, 0.1) is 26.3 Å². The van der Waals surface area contributed by atoms with E-state index in [1.165, 1.54) is 5.19 Å². The molecule has 0 aliphatic rings. The zero-order chi connectivity index (χ0) is 19.3. The lowest BCUT2D eigenvalue weighted by Crippen LogP contribution is -2.53. The minimum absolute atomic E-state index is 0.121. The van der Waals surface area contributed by atoms with Crippen molar-refractivity contribution in [2.24, 2.45) is 5.73 Å². The Morgan fingerprint density at radius 1 is 1.08 bits per heavy atom. The van der Waals surface area contributed by atoms with E-state index in [2.05, 4.69) is 25.2 Å². The molecular formula is C21H30N2O2Si. The van der Waals surface area contributed by atoms with Gasteiger partial charge in [-0.05, 0) is 18.5 Å². The van der Waals surface area contributed by atoms with Gasteiger partial charge in [0.25, 0.3) is 0 Å². The molecular weight excluding hydrogens is 340 g/mol. The highest BCUT2D eigenvalue weighted by molar-refractivity contribution is 6.90. The van der Waals surface area contributed by atoms with Crippen molar-refractivity contribution < 1.29 is 9.90 Å². The largest absolute Gasteiger partial charge is 0.386 e. The molecule has 0 unspecified atom stereocenters. The molecule has 0 aliphatic carbocycles. The molecule has 2 aromatic carbocycles. The van der Waals surface area contributed by atoms with Crippen LogP contribution in [0, 0.1) is 0 Å². The predicted molar refractivity (Wildman–Crippen MR) is 110 cm³/mol. The van der Waals surface area contributed by atoms with Crippen LogP contribution in [-0.2, 0) is 4.79 Å². The Hall–Kier alpha value is -1.95. The molecule has 0 aromatic heterocycles. The van der Waals surface area contributed by atoms with Gasteiger partial charge < -0.3 is 15.7 Å². The highest BCUT2D eigenvalue weighted by atomic mass is 28.3. The number of amides is 1. The highest BCUT2D eigenvalue weighted by Gasteiger charge is 2.32. The molecule has 2 rings (SSSR count). The summed E-state index contributed by atoms with van der Waals surface area (Å²) in [5.74, 6) is -0.121. The second-order valence-electron chi connectivity index (χ2n) is 7.61. The van der Waals surface area contributed by atoms with Crippen molar-refractivity contribution in [3.63, 3.8) is 0 Å². The van der Waals surface area contributed by atoms with E-state index < -0.39 is 20.2 Å². The van der Waals surface area contributed by atoms with E-state index in [1.807, 2.05) is 55.5 Å². The van der Waals surface area contributed by atoms with Crippen molar-refractivity contribution in [1.29, 1.82) is 0 Å². The van der Waals surface area contributed by atoms with Gasteiger partial charge in [0.2, 0.25) is 5.91 Å². The summed E-state index contributed by atoms with van der Waals surface area (Å²) < 4.78 is 0. The fraction of sp³-hybridized carbons (Fsp3) is 0.381. The van der Waals surface area contributed by atoms with Gasteiger partial charge >= 0.3 is 0 Å². The Morgan fingerprint density at radius 2 is 1.58 bits per heavy atom. The molecule has 0 fully saturated rings. The third-order valence-corrected chi connectivity index (χ3v) is 8.52. The number of benzene rings is 2. The Kier molecular flexibility index (Phi) is 6.75. The topological polar surface area (TPSA) is 66.6 Å². The van der Waals surface area contributed by atoms with Crippen LogP contribution in [0.1, 0.15) is 18.6 Å². The minimum Gasteiger partial charge on any atom is -0.386 e. The van der Waals surface area contributed by atoms with Crippen molar-refractivity contribution >= 4 is 19.2 Å². The van der Waals surface area contributed by atoms with Gasteiger partial charge in [0.1, 0.15) is 0 Å². The summed E-state index contributed by atoms with van der Waals surface area (Å²) >= 11 is 0. The fourth-order valence-electron chi connectivity index (χ4n) is 3.25. The standard InChI is InChI=1S/C21H30N2O2Si/c1-16(20(24)17-11-7-5-8-12-17)23(2)21(25)19(22)15-26(3,4)18-13-9-6-10-14-18/h5-14,16,19-20,24H,15,22H2,1-4H3/t16-,19-,20-/m0/s1. The summed E-state index contributed by atoms with van der Waals surface area (Å²) in [5, 5.41) is 11.9. The molecule has 0 saturated heterocycles. The van der Waals surface area contributed by atoms with E-state index in [1.54, 1.807) is 11.9 Å². The van der Waals surface area contributed by atoms with Crippen molar-refractivity contribution in [2.45, 2.75) is 44.2 Å². The maximum Gasteiger partial charge on any atom is 0.239 e. The van der Waals surface area contributed by atoms with Gasteiger partial charge in [-0.2, -0.15) is 0 Å². The normalized spacial score (nSPS) is 15.2. The lowest BCUT2D eigenvalue weighted by Gasteiger charge is -2.33. The molecule has 0 bridgehead atoms. The molecule has 3 atom stereocenters. The molecule has 26 heavy (non-hydrogen) atoms. The smallest absolute Gasteiger partial charge is 0.239 e. The summed E-state index contributed by atoms with van der Waals surface area (Å²) in [6, 6.07) is 19.5. The van der Waals surface area contributed by atoms with Crippen LogP contribution in [0.15, 0.2) is 60.7 Å². The monoisotopic (exact) mass is 370 g/mol. The molecule has 0 radical (unpaired) electrons. The summed E-state index contributed by atoms with van der Waals surface area (Å²) in [4.78, 5) is 14.4. The maximum absolute atomic E-state index is 12.8. The number of nitrogens with zero attached hydrogens (tertiary/aromatic N) is 1. The number of aliphatic hydroxyl groups excluding tert-OH is 1. The third kappa shape index (κ3) is 4.81. The summed E-state index contributed by atoms with van der Waals surface area (Å²) in [6.07, 6.45) is -0.739. The molecule has 5 heteroatoms. The lowest BCUT2D eigenvalue weighted by atomic mass is 10.0. The zero-order valence-corrected chi connectivity index (χ0v) is 17.1.